The molecule has 1 amide bonds. The second-order valence-corrected chi connectivity index (χ2v) is 11.4. The number of rotatable bonds is 8. The lowest BCUT2D eigenvalue weighted by atomic mass is 9.99. The van der Waals surface area contributed by atoms with Gasteiger partial charge in [0.1, 0.15) is 6.04 Å². The molecule has 3 rings (SSSR count). The van der Waals surface area contributed by atoms with E-state index >= 15 is 0 Å². The Morgan fingerprint density at radius 3 is 2.52 bits per heavy atom. The maximum atomic E-state index is 12.8. The maximum absolute atomic E-state index is 12.8. The van der Waals surface area contributed by atoms with E-state index in [0.717, 1.165) is 31.2 Å². The first-order valence-corrected chi connectivity index (χ1v) is 13.1. The highest BCUT2D eigenvalue weighted by molar-refractivity contribution is 7.89. The molecule has 1 aromatic carbocycles. The maximum Gasteiger partial charge on any atom is 0.244 e. The molecule has 1 saturated heterocycles. The number of carbonyl (C=O) groups is 1. The summed E-state index contributed by atoms with van der Waals surface area (Å²) in [4.78, 5) is 19.8. The van der Waals surface area contributed by atoms with Crippen molar-refractivity contribution < 1.29 is 13.2 Å². The highest BCUT2D eigenvalue weighted by atomic mass is 35.5. The lowest BCUT2D eigenvalue weighted by Crippen LogP contribution is -2.47. The molecule has 10 heteroatoms. The lowest BCUT2D eigenvalue weighted by molar-refractivity contribution is -0.118. The standard InChI is InChI=1S/C21H29ClN4O3S2/c1-14(2)19(25-31(28,29)18-6-4-16(22)5-7-18)20(27)24-21-23-17(13-30-21)12-26-10-8-15(3)9-11-26/h4-7,13-15,19,25H,8-12H2,1-3H3,(H,23,24,27)/t19-/m0/s1. The van der Waals surface area contributed by atoms with Gasteiger partial charge in [-0.05, 0) is 62.0 Å². The number of hydrogen-bond donors (Lipinski definition) is 2. The van der Waals surface area contributed by atoms with Crippen molar-refractivity contribution in [2.75, 3.05) is 18.4 Å². The summed E-state index contributed by atoms with van der Waals surface area (Å²) >= 11 is 7.19. The Hall–Kier alpha value is -1.52. The molecule has 2 N–H and O–H groups in total. The van der Waals surface area contributed by atoms with E-state index in [1.165, 1.54) is 48.4 Å². The number of sulfonamides is 1. The van der Waals surface area contributed by atoms with Crippen LogP contribution in [-0.4, -0.2) is 43.3 Å². The summed E-state index contributed by atoms with van der Waals surface area (Å²) < 4.78 is 27.9. The second-order valence-electron chi connectivity index (χ2n) is 8.39. The van der Waals surface area contributed by atoms with Crippen LogP contribution in [0.25, 0.3) is 0 Å². The molecule has 1 fully saturated rings. The zero-order chi connectivity index (χ0) is 22.6. The van der Waals surface area contributed by atoms with E-state index in [0.29, 0.717) is 10.2 Å². The van der Waals surface area contributed by atoms with Crippen molar-refractivity contribution in [2.24, 2.45) is 11.8 Å². The molecule has 0 unspecified atom stereocenters. The molecule has 1 aliphatic heterocycles. The molecule has 0 saturated carbocycles. The highest BCUT2D eigenvalue weighted by Crippen LogP contribution is 2.22. The fourth-order valence-electron chi connectivity index (χ4n) is 3.41. The van der Waals surface area contributed by atoms with Gasteiger partial charge in [0.05, 0.1) is 10.6 Å². The average molecular weight is 485 g/mol. The Bertz CT molecular complexity index is 984. The van der Waals surface area contributed by atoms with Gasteiger partial charge in [0.15, 0.2) is 5.13 Å². The summed E-state index contributed by atoms with van der Waals surface area (Å²) in [7, 11) is -3.87. The van der Waals surface area contributed by atoms with Gasteiger partial charge >= 0.3 is 0 Å². The Kier molecular flexibility index (Phi) is 8.09. The predicted molar refractivity (Wildman–Crippen MR) is 125 cm³/mol. The van der Waals surface area contributed by atoms with Crippen molar-refractivity contribution in [3.8, 4) is 0 Å². The van der Waals surface area contributed by atoms with Gasteiger partial charge in [-0.25, -0.2) is 13.4 Å². The van der Waals surface area contributed by atoms with E-state index in [1.54, 1.807) is 13.8 Å². The van der Waals surface area contributed by atoms with Crippen LogP contribution in [0.3, 0.4) is 0 Å². The zero-order valence-corrected chi connectivity index (χ0v) is 20.4. The van der Waals surface area contributed by atoms with Gasteiger partial charge < -0.3 is 5.32 Å². The first-order chi connectivity index (χ1) is 14.6. The van der Waals surface area contributed by atoms with Crippen molar-refractivity contribution in [1.29, 1.82) is 0 Å². The van der Waals surface area contributed by atoms with Gasteiger partial charge in [0.25, 0.3) is 0 Å². The number of carbonyl (C=O) groups excluding carboxylic acids is 1. The molecule has 1 aromatic heterocycles. The van der Waals surface area contributed by atoms with Crippen LogP contribution in [0, 0.1) is 11.8 Å². The number of aromatic nitrogens is 1. The van der Waals surface area contributed by atoms with E-state index in [-0.39, 0.29) is 10.8 Å². The third-order valence-electron chi connectivity index (χ3n) is 5.40. The number of halogens is 1. The largest absolute Gasteiger partial charge is 0.301 e. The van der Waals surface area contributed by atoms with Crippen LogP contribution in [0.1, 0.15) is 39.3 Å². The summed E-state index contributed by atoms with van der Waals surface area (Å²) in [5.74, 6) is 0.0863. The van der Waals surface area contributed by atoms with Crippen LogP contribution in [0.5, 0.6) is 0 Å². The molecular formula is C21H29ClN4O3S2. The minimum atomic E-state index is -3.87. The summed E-state index contributed by atoms with van der Waals surface area (Å²) in [5.41, 5.74) is 0.915. The quantitative estimate of drug-likeness (QED) is 0.591. The number of thiazole rings is 1. The summed E-state index contributed by atoms with van der Waals surface area (Å²) in [5, 5.41) is 5.63. The van der Waals surface area contributed by atoms with Gasteiger partial charge in [0.2, 0.25) is 15.9 Å². The SMILES string of the molecule is CC1CCN(Cc2csc(NC(=O)[C@@H](NS(=O)(=O)c3ccc(Cl)cc3)C(C)C)n2)CC1. The number of amides is 1. The second kappa shape index (κ2) is 10.4. The Morgan fingerprint density at radius 2 is 1.90 bits per heavy atom. The molecule has 2 heterocycles. The van der Waals surface area contributed by atoms with E-state index in [2.05, 4.69) is 26.8 Å². The van der Waals surface area contributed by atoms with Crippen LogP contribution in [-0.2, 0) is 21.4 Å². The van der Waals surface area contributed by atoms with Crippen LogP contribution in [0.15, 0.2) is 34.5 Å². The molecule has 7 nitrogen and oxygen atoms in total. The predicted octanol–water partition coefficient (Wildman–Crippen LogP) is 3.97. The van der Waals surface area contributed by atoms with Crippen LogP contribution in [0.2, 0.25) is 5.02 Å². The van der Waals surface area contributed by atoms with Gasteiger partial charge in [-0.1, -0.05) is 32.4 Å². The minimum Gasteiger partial charge on any atom is -0.301 e. The number of nitrogens with one attached hydrogen (secondary N) is 2. The third-order valence-corrected chi connectivity index (χ3v) is 7.91. The number of likely N-dealkylation sites (tertiary alicyclic amines) is 1. The molecule has 1 aliphatic rings. The summed E-state index contributed by atoms with van der Waals surface area (Å²) in [6, 6.07) is 4.89. The number of benzene rings is 1. The molecule has 0 radical (unpaired) electrons. The van der Waals surface area contributed by atoms with Crippen molar-refractivity contribution in [3.05, 3.63) is 40.4 Å². The first kappa shape index (κ1) is 24.1. The number of piperidine rings is 1. The molecule has 170 valence electrons. The van der Waals surface area contributed by atoms with Crippen molar-refractivity contribution >= 4 is 44.0 Å². The van der Waals surface area contributed by atoms with Gasteiger partial charge in [-0.3, -0.25) is 9.69 Å². The smallest absolute Gasteiger partial charge is 0.244 e. The highest BCUT2D eigenvalue weighted by Gasteiger charge is 2.29. The molecule has 2 aromatic rings. The molecule has 0 bridgehead atoms. The fraction of sp³-hybridized carbons (Fsp3) is 0.524. The van der Waals surface area contributed by atoms with E-state index in [9.17, 15) is 13.2 Å². The molecule has 0 aliphatic carbocycles. The molecule has 31 heavy (non-hydrogen) atoms. The fourth-order valence-corrected chi connectivity index (χ4v) is 5.59. The van der Waals surface area contributed by atoms with Crippen molar-refractivity contribution in [2.45, 2.75) is 51.1 Å². The number of nitrogens with zero attached hydrogens (tertiary/aromatic N) is 2. The third kappa shape index (κ3) is 6.73. The van der Waals surface area contributed by atoms with E-state index in [1.807, 2.05) is 5.38 Å². The number of anilines is 1. The minimum absolute atomic E-state index is 0.0581. The van der Waals surface area contributed by atoms with Crippen molar-refractivity contribution in [1.82, 2.24) is 14.6 Å². The van der Waals surface area contributed by atoms with E-state index < -0.39 is 22.0 Å². The normalized spacial score (nSPS) is 17.1. The first-order valence-electron chi connectivity index (χ1n) is 10.4. The van der Waals surface area contributed by atoms with Crippen LogP contribution in [0.4, 0.5) is 5.13 Å². The zero-order valence-electron chi connectivity index (χ0n) is 18.0. The van der Waals surface area contributed by atoms with Crippen LogP contribution < -0.4 is 10.0 Å². The summed E-state index contributed by atoms with van der Waals surface area (Å²) in [6.45, 7) is 8.74. The van der Waals surface area contributed by atoms with E-state index in [4.69, 9.17) is 11.6 Å². The molecule has 0 spiro atoms. The van der Waals surface area contributed by atoms with Gasteiger partial charge in [0, 0.05) is 16.9 Å². The molecule has 1 atom stereocenters. The van der Waals surface area contributed by atoms with Crippen molar-refractivity contribution in [3.63, 3.8) is 0 Å². The monoisotopic (exact) mass is 484 g/mol. The lowest BCUT2D eigenvalue weighted by Gasteiger charge is -2.29. The topological polar surface area (TPSA) is 91.4 Å². The Morgan fingerprint density at radius 1 is 1.26 bits per heavy atom. The van der Waals surface area contributed by atoms with Crippen LogP contribution >= 0.6 is 22.9 Å². The Balaban J connectivity index is 1.63. The van der Waals surface area contributed by atoms with Gasteiger partial charge in [-0.2, -0.15) is 4.72 Å². The Labute approximate surface area is 193 Å². The van der Waals surface area contributed by atoms with Gasteiger partial charge in [-0.15, -0.1) is 11.3 Å². The summed E-state index contributed by atoms with van der Waals surface area (Å²) in [6.07, 6.45) is 2.38. The molecular weight excluding hydrogens is 456 g/mol. The average Bonchev–Trinajstić information content (AvgIpc) is 3.14. The number of hydrogen-bond acceptors (Lipinski definition) is 6.